The lowest BCUT2D eigenvalue weighted by Crippen LogP contribution is -2.07. The Kier molecular flexibility index (Phi) is 4.98. The summed E-state index contributed by atoms with van der Waals surface area (Å²) in [5, 5.41) is 6.67. The minimum absolute atomic E-state index is 0.817. The van der Waals surface area contributed by atoms with E-state index in [2.05, 4.69) is 27.5 Å². The van der Waals surface area contributed by atoms with Gasteiger partial charge in [-0.3, -0.25) is 0 Å². The number of rotatable bonds is 6. The highest BCUT2D eigenvalue weighted by molar-refractivity contribution is 5.67. The highest BCUT2D eigenvalue weighted by Gasteiger charge is 2.08. The summed E-state index contributed by atoms with van der Waals surface area (Å²) in [5.74, 6) is 2.54. The van der Waals surface area contributed by atoms with Crippen molar-refractivity contribution in [1.82, 2.24) is 9.97 Å². The summed E-state index contributed by atoms with van der Waals surface area (Å²) in [6, 6.07) is 5.92. The summed E-state index contributed by atoms with van der Waals surface area (Å²) in [6.45, 7) is 7.08. The molecule has 0 spiro atoms. The van der Waals surface area contributed by atoms with E-state index >= 15 is 0 Å². The first kappa shape index (κ1) is 15.1. The van der Waals surface area contributed by atoms with E-state index in [1.807, 2.05) is 32.0 Å². The molecule has 21 heavy (non-hydrogen) atoms. The molecule has 0 saturated carbocycles. The lowest BCUT2D eigenvalue weighted by atomic mass is 10.2. The lowest BCUT2D eigenvalue weighted by molar-refractivity contribution is 0.414. The fourth-order valence-corrected chi connectivity index (χ4v) is 2.03. The molecule has 0 atom stereocenters. The number of aryl methyl sites for hydroxylation is 1. The monoisotopic (exact) mass is 286 g/mol. The zero-order chi connectivity index (χ0) is 15.2. The molecule has 112 valence electrons. The van der Waals surface area contributed by atoms with Crippen molar-refractivity contribution >= 4 is 17.3 Å². The fourth-order valence-electron chi connectivity index (χ4n) is 2.03. The molecule has 0 amide bonds. The molecule has 0 radical (unpaired) electrons. The van der Waals surface area contributed by atoms with Crippen LogP contribution in [-0.4, -0.2) is 23.6 Å². The van der Waals surface area contributed by atoms with Crippen molar-refractivity contribution in [3.63, 3.8) is 0 Å². The molecule has 0 fully saturated rings. The Balaban J connectivity index is 2.23. The summed E-state index contributed by atoms with van der Waals surface area (Å²) in [5.41, 5.74) is 3.13. The van der Waals surface area contributed by atoms with Crippen LogP contribution >= 0.6 is 0 Å². The first-order chi connectivity index (χ1) is 10.2. The van der Waals surface area contributed by atoms with Crippen molar-refractivity contribution < 1.29 is 4.74 Å². The molecular formula is C16H22N4O. The van der Waals surface area contributed by atoms with Gasteiger partial charge in [0.05, 0.1) is 7.11 Å². The average Bonchev–Trinajstić information content (AvgIpc) is 2.50. The van der Waals surface area contributed by atoms with Crippen LogP contribution in [0.5, 0.6) is 5.75 Å². The van der Waals surface area contributed by atoms with E-state index in [4.69, 9.17) is 4.74 Å². The maximum absolute atomic E-state index is 5.22. The molecule has 0 aliphatic carbocycles. The first-order valence-corrected chi connectivity index (χ1v) is 7.12. The van der Waals surface area contributed by atoms with Crippen LogP contribution < -0.4 is 15.4 Å². The molecule has 5 nitrogen and oxygen atoms in total. The Morgan fingerprint density at radius 2 is 1.90 bits per heavy atom. The fraction of sp³-hybridized carbons (Fsp3) is 0.375. The second kappa shape index (κ2) is 6.92. The van der Waals surface area contributed by atoms with Gasteiger partial charge in [-0.2, -0.15) is 0 Å². The number of ether oxygens (including phenoxy) is 1. The molecule has 0 bridgehead atoms. The van der Waals surface area contributed by atoms with Gasteiger partial charge in [-0.25, -0.2) is 9.97 Å². The van der Waals surface area contributed by atoms with Crippen LogP contribution in [0.4, 0.5) is 17.3 Å². The second-order valence-electron chi connectivity index (χ2n) is 4.93. The molecule has 1 aromatic heterocycles. The summed E-state index contributed by atoms with van der Waals surface area (Å²) in [7, 11) is 1.67. The predicted octanol–water partition coefficient (Wildman–Crippen LogP) is 3.67. The Labute approximate surface area is 125 Å². The zero-order valence-corrected chi connectivity index (χ0v) is 13.0. The topological polar surface area (TPSA) is 59.1 Å². The number of hydrogen-bond acceptors (Lipinski definition) is 5. The van der Waals surface area contributed by atoms with Gasteiger partial charge in [0.15, 0.2) is 0 Å². The standard InChI is InChI=1S/C16H22N4O/c1-5-8-17-15-12(3)16(19-10-18-15)20-14-7-6-13(21-4)9-11(14)2/h6-7,9-10H,5,8H2,1-4H3,(H2,17,18,19,20). The van der Waals surface area contributed by atoms with Crippen LogP contribution in [0.2, 0.25) is 0 Å². The molecule has 0 aliphatic heterocycles. The molecule has 0 aliphatic rings. The van der Waals surface area contributed by atoms with Crippen LogP contribution in [0.15, 0.2) is 24.5 Å². The van der Waals surface area contributed by atoms with E-state index in [-0.39, 0.29) is 0 Å². The number of nitrogens with zero attached hydrogens (tertiary/aromatic N) is 2. The van der Waals surface area contributed by atoms with Gasteiger partial charge >= 0.3 is 0 Å². The van der Waals surface area contributed by atoms with E-state index in [0.29, 0.717) is 0 Å². The van der Waals surface area contributed by atoms with E-state index in [1.165, 1.54) is 0 Å². The van der Waals surface area contributed by atoms with Gasteiger partial charge < -0.3 is 15.4 Å². The van der Waals surface area contributed by atoms with Gasteiger partial charge in [-0.05, 0) is 44.0 Å². The number of nitrogens with one attached hydrogen (secondary N) is 2. The van der Waals surface area contributed by atoms with Crippen LogP contribution in [0.1, 0.15) is 24.5 Å². The van der Waals surface area contributed by atoms with Crippen molar-refractivity contribution in [1.29, 1.82) is 0 Å². The Morgan fingerprint density at radius 3 is 2.57 bits per heavy atom. The molecule has 1 heterocycles. The van der Waals surface area contributed by atoms with Gasteiger partial charge in [0.25, 0.3) is 0 Å². The molecule has 2 aromatic rings. The number of hydrogen-bond donors (Lipinski definition) is 2. The molecular weight excluding hydrogens is 264 g/mol. The van der Waals surface area contributed by atoms with Crippen LogP contribution in [-0.2, 0) is 0 Å². The minimum Gasteiger partial charge on any atom is -0.497 e. The van der Waals surface area contributed by atoms with Gasteiger partial charge in [-0.1, -0.05) is 6.92 Å². The maximum Gasteiger partial charge on any atom is 0.138 e. The highest BCUT2D eigenvalue weighted by Crippen LogP contribution is 2.26. The molecule has 2 N–H and O–H groups in total. The summed E-state index contributed by atoms with van der Waals surface area (Å²) in [4.78, 5) is 8.62. The van der Waals surface area contributed by atoms with Crippen molar-refractivity contribution in [3.8, 4) is 5.75 Å². The maximum atomic E-state index is 5.22. The Bertz CT molecular complexity index is 613. The summed E-state index contributed by atoms with van der Waals surface area (Å²) in [6.07, 6.45) is 2.63. The number of aromatic nitrogens is 2. The van der Waals surface area contributed by atoms with Crippen LogP contribution in [0, 0.1) is 13.8 Å². The predicted molar refractivity (Wildman–Crippen MR) is 86.6 cm³/mol. The number of methoxy groups -OCH3 is 1. The Hall–Kier alpha value is -2.30. The summed E-state index contributed by atoms with van der Waals surface area (Å²) >= 11 is 0. The zero-order valence-electron chi connectivity index (χ0n) is 13.0. The largest absolute Gasteiger partial charge is 0.497 e. The average molecular weight is 286 g/mol. The van der Waals surface area contributed by atoms with E-state index in [0.717, 1.165) is 47.2 Å². The number of anilines is 3. The van der Waals surface area contributed by atoms with Crippen LogP contribution in [0.3, 0.4) is 0 Å². The van der Waals surface area contributed by atoms with Gasteiger partial charge in [0.2, 0.25) is 0 Å². The smallest absolute Gasteiger partial charge is 0.138 e. The molecule has 0 saturated heterocycles. The first-order valence-electron chi connectivity index (χ1n) is 7.12. The normalized spacial score (nSPS) is 10.3. The molecule has 5 heteroatoms. The summed E-state index contributed by atoms with van der Waals surface area (Å²) < 4.78 is 5.22. The Morgan fingerprint density at radius 1 is 1.14 bits per heavy atom. The lowest BCUT2D eigenvalue weighted by Gasteiger charge is -2.14. The van der Waals surface area contributed by atoms with Crippen molar-refractivity contribution in [2.45, 2.75) is 27.2 Å². The van der Waals surface area contributed by atoms with Gasteiger partial charge in [-0.15, -0.1) is 0 Å². The van der Waals surface area contributed by atoms with Gasteiger partial charge in [0, 0.05) is 17.8 Å². The second-order valence-corrected chi connectivity index (χ2v) is 4.93. The highest BCUT2D eigenvalue weighted by atomic mass is 16.5. The molecule has 1 aromatic carbocycles. The van der Waals surface area contributed by atoms with Crippen molar-refractivity contribution in [2.24, 2.45) is 0 Å². The molecule has 0 unspecified atom stereocenters. The minimum atomic E-state index is 0.817. The quantitative estimate of drug-likeness (QED) is 0.848. The van der Waals surface area contributed by atoms with Crippen LogP contribution in [0.25, 0.3) is 0 Å². The SMILES string of the molecule is CCCNc1ncnc(Nc2ccc(OC)cc2C)c1C. The number of benzene rings is 1. The molecule has 2 rings (SSSR count). The van der Waals surface area contributed by atoms with E-state index in [1.54, 1.807) is 13.4 Å². The third-order valence-corrected chi connectivity index (χ3v) is 3.31. The van der Waals surface area contributed by atoms with Gasteiger partial charge in [0.1, 0.15) is 23.7 Å². The van der Waals surface area contributed by atoms with Crippen molar-refractivity contribution in [3.05, 3.63) is 35.7 Å². The van der Waals surface area contributed by atoms with E-state index in [9.17, 15) is 0 Å². The third-order valence-electron chi connectivity index (χ3n) is 3.31. The third kappa shape index (κ3) is 3.62. The van der Waals surface area contributed by atoms with E-state index < -0.39 is 0 Å². The van der Waals surface area contributed by atoms with Crippen molar-refractivity contribution in [2.75, 3.05) is 24.3 Å².